The summed E-state index contributed by atoms with van der Waals surface area (Å²) in [5.41, 5.74) is 7.73. The average molecular weight is 181 g/mol. The third-order valence-corrected chi connectivity index (χ3v) is 1.46. The van der Waals surface area contributed by atoms with Gasteiger partial charge in [0.15, 0.2) is 0 Å². The Bertz CT molecular complexity index is 341. The van der Waals surface area contributed by atoms with E-state index >= 15 is 0 Å². The minimum absolute atomic E-state index is 0.686. The first-order valence-electron chi connectivity index (χ1n) is 3.75. The molecule has 5 nitrogen and oxygen atoms in total. The van der Waals surface area contributed by atoms with Crippen molar-refractivity contribution >= 4 is 12.2 Å². The molecule has 13 heavy (non-hydrogen) atoms. The van der Waals surface area contributed by atoms with Crippen molar-refractivity contribution < 1.29 is 9.21 Å². The van der Waals surface area contributed by atoms with E-state index in [2.05, 4.69) is 10.5 Å². The molecule has 0 radical (unpaired) electrons. The molecule has 0 aliphatic carbocycles. The lowest BCUT2D eigenvalue weighted by Gasteiger charge is -1.89. The van der Waals surface area contributed by atoms with E-state index in [-0.39, 0.29) is 0 Å². The summed E-state index contributed by atoms with van der Waals surface area (Å²) in [6.45, 7) is 3.66. The van der Waals surface area contributed by atoms with Crippen molar-refractivity contribution in [3.05, 3.63) is 23.2 Å². The normalized spacial score (nSPS) is 10.6. The van der Waals surface area contributed by atoms with Gasteiger partial charge in [-0.3, -0.25) is 0 Å². The Kier molecular flexibility index (Phi) is 2.69. The molecule has 70 valence electrons. The molecule has 0 unspecified atom stereocenters. The van der Waals surface area contributed by atoms with Gasteiger partial charge < -0.3 is 10.2 Å². The van der Waals surface area contributed by atoms with Crippen LogP contribution in [0.2, 0.25) is 0 Å². The van der Waals surface area contributed by atoms with Gasteiger partial charge in [-0.2, -0.15) is 5.10 Å². The van der Waals surface area contributed by atoms with Crippen molar-refractivity contribution in [3.63, 3.8) is 0 Å². The maximum absolute atomic E-state index is 10.3. The van der Waals surface area contributed by atoms with Crippen molar-refractivity contribution in [2.75, 3.05) is 0 Å². The first-order valence-corrected chi connectivity index (χ1v) is 3.75. The lowest BCUT2D eigenvalue weighted by molar-refractivity contribution is 0.249. The average Bonchev–Trinajstić information content (AvgIpc) is 2.29. The fraction of sp³-hybridized carbons (Fsp3) is 0.250. The standard InChI is InChI=1S/C8H11N3O2/c1-5-3-7(6(2)13-5)4-10-11-8(9)12/h3-4H,1-2H3,(H3,9,11,12)/b10-4+. The van der Waals surface area contributed by atoms with Gasteiger partial charge in [0.25, 0.3) is 0 Å². The van der Waals surface area contributed by atoms with Crippen molar-refractivity contribution in [3.8, 4) is 0 Å². The molecule has 1 heterocycles. The predicted molar refractivity (Wildman–Crippen MR) is 48.5 cm³/mol. The Morgan fingerprint density at radius 3 is 2.85 bits per heavy atom. The number of hydrogen-bond donors (Lipinski definition) is 2. The van der Waals surface area contributed by atoms with Gasteiger partial charge in [0.1, 0.15) is 11.5 Å². The van der Waals surface area contributed by atoms with E-state index in [1.54, 1.807) is 0 Å². The van der Waals surface area contributed by atoms with Crippen LogP contribution in [0.5, 0.6) is 0 Å². The van der Waals surface area contributed by atoms with Crippen LogP contribution in [-0.2, 0) is 0 Å². The fourth-order valence-corrected chi connectivity index (χ4v) is 0.944. The Hall–Kier alpha value is -1.78. The summed E-state index contributed by atoms with van der Waals surface area (Å²) < 4.78 is 5.24. The number of carbonyl (C=O) groups excluding carboxylic acids is 1. The number of hydrogen-bond acceptors (Lipinski definition) is 3. The van der Waals surface area contributed by atoms with Gasteiger partial charge in [0, 0.05) is 5.56 Å². The monoisotopic (exact) mass is 181 g/mol. The van der Waals surface area contributed by atoms with Crippen LogP contribution < -0.4 is 11.2 Å². The van der Waals surface area contributed by atoms with E-state index in [0.29, 0.717) is 0 Å². The van der Waals surface area contributed by atoms with Crippen molar-refractivity contribution in [1.29, 1.82) is 0 Å². The van der Waals surface area contributed by atoms with Crippen LogP contribution in [0, 0.1) is 13.8 Å². The Balaban J connectivity index is 2.68. The third-order valence-electron chi connectivity index (χ3n) is 1.46. The van der Waals surface area contributed by atoms with Gasteiger partial charge in [0.05, 0.1) is 6.21 Å². The quantitative estimate of drug-likeness (QED) is 0.525. The zero-order chi connectivity index (χ0) is 9.84. The second-order valence-electron chi connectivity index (χ2n) is 2.60. The van der Waals surface area contributed by atoms with E-state index in [9.17, 15) is 4.79 Å². The van der Waals surface area contributed by atoms with Gasteiger partial charge in [-0.1, -0.05) is 0 Å². The Labute approximate surface area is 75.6 Å². The summed E-state index contributed by atoms with van der Waals surface area (Å²) in [6, 6.07) is 1.13. The second kappa shape index (κ2) is 3.75. The number of rotatable bonds is 2. The summed E-state index contributed by atoms with van der Waals surface area (Å²) in [5.74, 6) is 1.56. The van der Waals surface area contributed by atoms with E-state index in [1.165, 1.54) is 6.21 Å². The number of nitrogens with two attached hydrogens (primary N) is 1. The van der Waals surface area contributed by atoms with E-state index in [0.717, 1.165) is 17.1 Å². The number of amides is 2. The van der Waals surface area contributed by atoms with Crippen LogP contribution >= 0.6 is 0 Å². The second-order valence-corrected chi connectivity index (χ2v) is 2.60. The third kappa shape index (κ3) is 2.62. The summed E-state index contributed by atoms with van der Waals surface area (Å²) in [4.78, 5) is 10.3. The van der Waals surface area contributed by atoms with Crippen molar-refractivity contribution in [1.82, 2.24) is 5.43 Å². The summed E-state index contributed by atoms with van der Waals surface area (Å²) >= 11 is 0. The highest BCUT2D eigenvalue weighted by atomic mass is 16.3. The number of primary amides is 1. The number of carbonyl (C=O) groups is 1. The van der Waals surface area contributed by atoms with Crippen LogP contribution in [-0.4, -0.2) is 12.2 Å². The number of nitrogens with one attached hydrogen (secondary N) is 1. The van der Waals surface area contributed by atoms with Crippen LogP contribution in [0.25, 0.3) is 0 Å². The molecule has 0 bridgehead atoms. The van der Waals surface area contributed by atoms with Crippen LogP contribution in [0.3, 0.4) is 0 Å². The van der Waals surface area contributed by atoms with Crippen molar-refractivity contribution in [2.24, 2.45) is 10.8 Å². The summed E-state index contributed by atoms with van der Waals surface area (Å²) in [5, 5.41) is 3.61. The molecule has 0 fully saturated rings. The van der Waals surface area contributed by atoms with Gasteiger partial charge in [-0.15, -0.1) is 0 Å². The molecule has 0 spiro atoms. The minimum atomic E-state index is -0.686. The van der Waals surface area contributed by atoms with Gasteiger partial charge in [-0.25, -0.2) is 10.2 Å². The SMILES string of the molecule is Cc1cc(/C=N/NC(N)=O)c(C)o1. The highest BCUT2D eigenvalue weighted by Crippen LogP contribution is 2.10. The maximum Gasteiger partial charge on any atom is 0.332 e. The lowest BCUT2D eigenvalue weighted by Crippen LogP contribution is -2.24. The zero-order valence-corrected chi connectivity index (χ0v) is 7.50. The van der Waals surface area contributed by atoms with Crippen molar-refractivity contribution in [2.45, 2.75) is 13.8 Å². The zero-order valence-electron chi connectivity index (χ0n) is 7.50. The highest BCUT2D eigenvalue weighted by Gasteiger charge is 2.00. The van der Waals surface area contributed by atoms with Crippen LogP contribution in [0.1, 0.15) is 17.1 Å². The molecule has 0 aromatic carbocycles. The lowest BCUT2D eigenvalue weighted by atomic mass is 10.3. The molecule has 2 amide bonds. The molecule has 0 saturated heterocycles. The molecular weight excluding hydrogens is 170 g/mol. The number of furan rings is 1. The Morgan fingerprint density at radius 2 is 2.38 bits per heavy atom. The van der Waals surface area contributed by atoms with Crippen LogP contribution in [0.4, 0.5) is 4.79 Å². The molecule has 1 rings (SSSR count). The predicted octanol–water partition coefficient (Wildman–Crippen LogP) is 0.899. The molecule has 0 saturated carbocycles. The molecule has 5 heteroatoms. The number of nitrogens with zero attached hydrogens (tertiary/aromatic N) is 1. The molecule has 1 aromatic heterocycles. The van der Waals surface area contributed by atoms with Gasteiger partial charge in [0.2, 0.25) is 0 Å². The smallest absolute Gasteiger partial charge is 0.332 e. The molecule has 0 aliphatic rings. The van der Waals surface area contributed by atoms with E-state index in [1.807, 2.05) is 19.9 Å². The molecule has 3 N–H and O–H groups in total. The Morgan fingerprint density at radius 1 is 1.69 bits per heavy atom. The largest absolute Gasteiger partial charge is 0.466 e. The van der Waals surface area contributed by atoms with E-state index < -0.39 is 6.03 Å². The summed E-state index contributed by atoms with van der Waals surface area (Å²) in [7, 11) is 0. The van der Waals surface area contributed by atoms with Gasteiger partial charge >= 0.3 is 6.03 Å². The summed E-state index contributed by atoms with van der Waals surface area (Å²) in [6.07, 6.45) is 1.48. The first kappa shape index (κ1) is 9.31. The molecule has 0 atom stereocenters. The molecular formula is C8H11N3O2. The van der Waals surface area contributed by atoms with E-state index in [4.69, 9.17) is 10.2 Å². The minimum Gasteiger partial charge on any atom is -0.466 e. The molecule has 0 aliphatic heterocycles. The highest BCUT2D eigenvalue weighted by molar-refractivity contribution is 5.82. The number of aryl methyl sites for hydroxylation is 2. The molecule has 1 aromatic rings. The number of urea groups is 1. The first-order chi connectivity index (χ1) is 6.09. The fourth-order valence-electron chi connectivity index (χ4n) is 0.944. The van der Waals surface area contributed by atoms with Crippen LogP contribution in [0.15, 0.2) is 15.6 Å². The maximum atomic E-state index is 10.3. The topological polar surface area (TPSA) is 80.6 Å². The number of hydrazone groups is 1. The van der Waals surface area contributed by atoms with Gasteiger partial charge in [-0.05, 0) is 19.9 Å².